The Morgan fingerprint density at radius 2 is 1.76 bits per heavy atom. The van der Waals surface area contributed by atoms with Crippen molar-refractivity contribution in [3.05, 3.63) is 59.2 Å². The number of hydrogen-bond donors (Lipinski definition) is 1. The van der Waals surface area contributed by atoms with Crippen LogP contribution in [0.2, 0.25) is 0 Å². The number of nitrogens with zero attached hydrogens (tertiary/aromatic N) is 1. The van der Waals surface area contributed by atoms with Gasteiger partial charge >= 0.3 is 5.97 Å². The van der Waals surface area contributed by atoms with Crippen molar-refractivity contribution in [2.24, 2.45) is 0 Å². The largest absolute Gasteiger partial charge is 0.465 e. The lowest BCUT2D eigenvalue weighted by Gasteiger charge is -2.24. The van der Waals surface area contributed by atoms with Gasteiger partial charge in [-0.3, -0.25) is 4.79 Å². The molecule has 1 N–H and O–H groups in total. The highest BCUT2D eigenvalue weighted by atomic mass is 16.5. The summed E-state index contributed by atoms with van der Waals surface area (Å²) in [6.45, 7) is 5.35. The van der Waals surface area contributed by atoms with Crippen LogP contribution in [0.5, 0.6) is 0 Å². The van der Waals surface area contributed by atoms with Crippen molar-refractivity contribution in [3.63, 3.8) is 0 Å². The van der Waals surface area contributed by atoms with Gasteiger partial charge in [0.1, 0.15) is 0 Å². The summed E-state index contributed by atoms with van der Waals surface area (Å²) in [5.41, 5.74) is 4.19. The van der Waals surface area contributed by atoms with Gasteiger partial charge in [-0.2, -0.15) is 0 Å². The van der Waals surface area contributed by atoms with Crippen molar-refractivity contribution in [2.75, 3.05) is 23.9 Å². The average molecular weight is 338 g/mol. The molecule has 1 heterocycles. The van der Waals surface area contributed by atoms with Crippen LogP contribution < -0.4 is 10.2 Å². The van der Waals surface area contributed by atoms with Crippen LogP contribution >= 0.6 is 0 Å². The second kappa shape index (κ2) is 6.97. The van der Waals surface area contributed by atoms with Crippen LogP contribution in [0.4, 0.5) is 11.4 Å². The Balaban J connectivity index is 1.75. The Kier molecular flexibility index (Phi) is 4.74. The molecule has 0 unspecified atom stereocenters. The number of benzene rings is 2. The molecule has 130 valence electrons. The maximum Gasteiger partial charge on any atom is 0.337 e. The van der Waals surface area contributed by atoms with Crippen molar-refractivity contribution < 1.29 is 14.3 Å². The van der Waals surface area contributed by atoms with E-state index in [1.165, 1.54) is 18.4 Å². The van der Waals surface area contributed by atoms with Gasteiger partial charge in [0, 0.05) is 29.5 Å². The number of methoxy groups -OCH3 is 1. The van der Waals surface area contributed by atoms with E-state index in [-0.39, 0.29) is 5.91 Å². The number of amides is 1. The first-order valence-corrected chi connectivity index (χ1v) is 8.39. The number of ether oxygens (including phenoxy) is 1. The Labute approximate surface area is 147 Å². The topological polar surface area (TPSA) is 58.6 Å². The Morgan fingerprint density at radius 1 is 1.08 bits per heavy atom. The number of fused-ring (bicyclic) bond motifs is 1. The van der Waals surface area contributed by atoms with E-state index in [2.05, 4.69) is 34.9 Å². The molecular weight excluding hydrogens is 316 g/mol. The zero-order chi connectivity index (χ0) is 18.0. The monoisotopic (exact) mass is 338 g/mol. The van der Waals surface area contributed by atoms with Crippen LogP contribution in [0.1, 0.15) is 40.1 Å². The molecule has 0 spiro atoms. The summed E-state index contributed by atoms with van der Waals surface area (Å²) in [6.07, 6.45) is 1.04. The van der Waals surface area contributed by atoms with Crippen LogP contribution in [0, 0.1) is 0 Å². The van der Waals surface area contributed by atoms with Gasteiger partial charge in [-0.1, -0.05) is 6.07 Å². The van der Waals surface area contributed by atoms with E-state index in [0.29, 0.717) is 17.2 Å². The molecular formula is C20H22N2O3. The zero-order valence-corrected chi connectivity index (χ0v) is 14.7. The highest BCUT2D eigenvalue weighted by Gasteiger charge is 2.21. The van der Waals surface area contributed by atoms with Crippen molar-refractivity contribution in [1.29, 1.82) is 0 Å². The van der Waals surface area contributed by atoms with E-state index in [1.54, 1.807) is 24.3 Å². The first-order chi connectivity index (χ1) is 12.0. The Hall–Kier alpha value is -2.82. The number of carbonyl (C=O) groups excluding carboxylic acids is 2. The minimum atomic E-state index is -0.417. The third kappa shape index (κ3) is 3.50. The molecule has 25 heavy (non-hydrogen) atoms. The van der Waals surface area contributed by atoms with Crippen molar-refractivity contribution >= 4 is 23.3 Å². The molecule has 0 aliphatic carbocycles. The van der Waals surface area contributed by atoms with Crippen LogP contribution in [-0.2, 0) is 11.2 Å². The lowest BCUT2D eigenvalue weighted by Crippen LogP contribution is -2.28. The summed E-state index contributed by atoms with van der Waals surface area (Å²) in [7, 11) is 1.33. The summed E-state index contributed by atoms with van der Waals surface area (Å²) in [5.74, 6) is -0.621. The van der Waals surface area contributed by atoms with Gasteiger partial charge in [0.05, 0.1) is 12.7 Å². The molecule has 0 fully saturated rings. The van der Waals surface area contributed by atoms with Crippen molar-refractivity contribution in [2.45, 2.75) is 26.3 Å². The summed E-state index contributed by atoms with van der Waals surface area (Å²) in [4.78, 5) is 26.2. The fourth-order valence-electron chi connectivity index (χ4n) is 3.10. The molecule has 0 atom stereocenters. The summed E-state index contributed by atoms with van der Waals surface area (Å²) >= 11 is 0. The number of carbonyl (C=O) groups is 2. The number of anilines is 2. The molecule has 0 aromatic heterocycles. The van der Waals surface area contributed by atoms with Crippen molar-refractivity contribution in [3.8, 4) is 0 Å². The SMILES string of the molecule is COC(=O)c1ccc(C(=O)Nc2ccc3c(c2)N(C(C)C)CC3)cc1. The van der Waals surface area contributed by atoms with E-state index < -0.39 is 5.97 Å². The van der Waals surface area contributed by atoms with Gasteiger partial charge in [0.15, 0.2) is 0 Å². The number of nitrogens with one attached hydrogen (secondary N) is 1. The smallest absolute Gasteiger partial charge is 0.337 e. The van der Waals surface area contributed by atoms with Gasteiger partial charge in [0.2, 0.25) is 0 Å². The fraction of sp³-hybridized carbons (Fsp3) is 0.300. The molecule has 5 heteroatoms. The molecule has 1 aliphatic rings. The predicted octanol–water partition coefficient (Wildman–Crippen LogP) is 3.50. The molecule has 0 radical (unpaired) electrons. The first-order valence-electron chi connectivity index (χ1n) is 8.39. The van der Waals surface area contributed by atoms with Crippen LogP contribution in [0.25, 0.3) is 0 Å². The predicted molar refractivity (Wildman–Crippen MR) is 98.4 cm³/mol. The minimum absolute atomic E-state index is 0.203. The number of esters is 1. The lowest BCUT2D eigenvalue weighted by molar-refractivity contribution is 0.0600. The van der Waals surface area contributed by atoms with E-state index in [4.69, 9.17) is 0 Å². The highest BCUT2D eigenvalue weighted by molar-refractivity contribution is 6.05. The van der Waals surface area contributed by atoms with Gasteiger partial charge < -0.3 is 15.0 Å². The molecule has 1 amide bonds. The molecule has 2 aromatic rings. The van der Waals surface area contributed by atoms with Crippen LogP contribution in [0.15, 0.2) is 42.5 Å². The van der Waals surface area contributed by atoms with Gasteiger partial charge in [-0.05, 0) is 62.2 Å². The average Bonchev–Trinajstić information content (AvgIpc) is 3.04. The highest BCUT2D eigenvalue weighted by Crippen LogP contribution is 2.32. The number of rotatable bonds is 4. The molecule has 0 bridgehead atoms. The molecule has 1 aliphatic heterocycles. The van der Waals surface area contributed by atoms with E-state index in [0.717, 1.165) is 18.7 Å². The van der Waals surface area contributed by atoms with E-state index in [9.17, 15) is 9.59 Å². The molecule has 0 saturated heterocycles. The second-order valence-electron chi connectivity index (χ2n) is 6.40. The lowest BCUT2D eigenvalue weighted by atomic mass is 10.1. The van der Waals surface area contributed by atoms with Gasteiger partial charge in [0.25, 0.3) is 5.91 Å². The van der Waals surface area contributed by atoms with Gasteiger partial charge in [-0.25, -0.2) is 4.79 Å². The Morgan fingerprint density at radius 3 is 2.40 bits per heavy atom. The summed E-state index contributed by atoms with van der Waals surface area (Å²) in [5, 5.41) is 2.93. The van der Waals surface area contributed by atoms with Crippen LogP contribution in [0.3, 0.4) is 0 Å². The third-order valence-electron chi connectivity index (χ3n) is 4.47. The van der Waals surface area contributed by atoms with Crippen molar-refractivity contribution in [1.82, 2.24) is 0 Å². The standard InChI is InChI=1S/C20H22N2O3/c1-13(2)22-11-10-14-8-9-17(12-18(14)22)21-19(23)15-4-6-16(7-5-15)20(24)25-3/h4-9,12-13H,10-11H2,1-3H3,(H,21,23). The summed E-state index contributed by atoms with van der Waals surface area (Å²) in [6, 6.07) is 12.9. The first kappa shape index (κ1) is 17.0. The van der Waals surface area contributed by atoms with E-state index in [1.807, 2.05) is 12.1 Å². The molecule has 5 nitrogen and oxygen atoms in total. The summed E-state index contributed by atoms with van der Waals surface area (Å²) < 4.78 is 4.66. The second-order valence-corrected chi connectivity index (χ2v) is 6.40. The number of hydrogen-bond acceptors (Lipinski definition) is 4. The van der Waals surface area contributed by atoms with E-state index >= 15 is 0 Å². The normalized spacial score (nSPS) is 12.9. The molecule has 3 rings (SSSR count). The maximum absolute atomic E-state index is 12.4. The molecule has 2 aromatic carbocycles. The Bertz CT molecular complexity index is 797. The minimum Gasteiger partial charge on any atom is -0.465 e. The quantitative estimate of drug-likeness (QED) is 0.867. The van der Waals surface area contributed by atoms with Gasteiger partial charge in [-0.15, -0.1) is 0 Å². The molecule has 0 saturated carbocycles. The van der Waals surface area contributed by atoms with Crippen LogP contribution in [-0.4, -0.2) is 31.6 Å². The third-order valence-corrected chi connectivity index (χ3v) is 4.47. The maximum atomic E-state index is 12.4. The zero-order valence-electron chi connectivity index (χ0n) is 14.7. The fourth-order valence-corrected chi connectivity index (χ4v) is 3.10.